The predicted molar refractivity (Wildman–Crippen MR) is 102 cm³/mol. The summed E-state index contributed by atoms with van der Waals surface area (Å²) in [5, 5.41) is 4.17. The molecule has 1 unspecified atom stereocenters. The van der Waals surface area contributed by atoms with E-state index in [0.29, 0.717) is 11.5 Å². The van der Waals surface area contributed by atoms with Crippen LogP contribution < -0.4 is 19.5 Å². The van der Waals surface area contributed by atoms with Crippen LogP contribution in [0.15, 0.2) is 36.4 Å². The van der Waals surface area contributed by atoms with E-state index in [0.717, 1.165) is 41.6 Å². The Kier molecular flexibility index (Phi) is 3.70. The maximum absolute atomic E-state index is 12.8. The van der Waals surface area contributed by atoms with E-state index < -0.39 is 0 Å². The molecule has 2 heterocycles. The van der Waals surface area contributed by atoms with Gasteiger partial charge in [0.1, 0.15) is 5.75 Å². The third kappa shape index (κ3) is 2.77. The van der Waals surface area contributed by atoms with Gasteiger partial charge in [0.05, 0.1) is 7.11 Å². The van der Waals surface area contributed by atoms with Crippen molar-refractivity contribution in [1.82, 2.24) is 4.98 Å². The second-order valence-corrected chi connectivity index (χ2v) is 6.99. The molecule has 1 aromatic heterocycles. The van der Waals surface area contributed by atoms with Crippen LogP contribution >= 0.6 is 0 Å². The molecule has 0 spiro atoms. The largest absolute Gasteiger partial charge is 0.497 e. The summed E-state index contributed by atoms with van der Waals surface area (Å²) in [6, 6.07) is 11.5. The van der Waals surface area contributed by atoms with Gasteiger partial charge in [-0.25, -0.2) is 0 Å². The average molecular weight is 364 g/mol. The number of amides is 1. The van der Waals surface area contributed by atoms with Gasteiger partial charge in [0.25, 0.3) is 0 Å². The predicted octanol–water partition coefficient (Wildman–Crippen LogP) is 3.65. The molecular formula is C21H20N2O4. The van der Waals surface area contributed by atoms with Gasteiger partial charge in [-0.3, -0.25) is 4.79 Å². The number of H-pyrrole nitrogens is 1. The number of rotatable bonds is 3. The highest BCUT2D eigenvalue weighted by atomic mass is 16.7. The first kappa shape index (κ1) is 16.1. The topological polar surface area (TPSA) is 72.6 Å². The number of ether oxygens (including phenoxy) is 3. The van der Waals surface area contributed by atoms with Gasteiger partial charge in [0, 0.05) is 34.3 Å². The molecule has 1 aliphatic heterocycles. The zero-order valence-corrected chi connectivity index (χ0v) is 15.0. The summed E-state index contributed by atoms with van der Waals surface area (Å²) < 4.78 is 16.1. The van der Waals surface area contributed by atoms with Crippen molar-refractivity contribution in [2.24, 2.45) is 5.92 Å². The van der Waals surface area contributed by atoms with E-state index in [2.05, 4.69) is 10.3 Å². The third-order valence-electron chi connectivity index (χ3n) is 5.41. The van der Waals surface area contributed by atoms with E-state index in [-0.39, 0.29) is 18.6 Å². The minimum atomic E-state index is -0.0619. The Bertz CT molecular complexity index is 1040. The van der Waals surface area contributed by atoms with Crippen molar-refractivity contribution in [3.63, 3.8) is 0 Å². The maximum atomic E-state index is 12.8. The smallest absolute Gasteiger partial charge is 0.231 e. The van der Waals surface area contributed by atoms with Crippen LogP contribution in [0.4, 0.5) is 5.69 Å². The molecule has 0 radical (unpaired) electrons. The van der Waals surface area contributed by atoms with Crippen LogP contribution in [0.3, 0.4) is 0 Å². The first-order chi connectivity index (χ1) is 13.2. The molecular weight excluding hydrogens is 344 g/mol. The van der Waals surface area contributed by atoms with Gasteiger partial charge in [-0.05, 0) is 55.2 Å². The molecule has 27 heavy (non-hydrogen) atoms. The molecule has 6 heteroatoms. The number of fused-ring (bicyclic) bond motifs is 4. The van der Waals surface area contributed by atoms with Gasteiger partial charge in [-0.1, -0.05) is 0 Å². The van der Waals surface area contributed by atoms with Gasteiger partial charge in [-0.2, -0.15) is 0 Å². The van der Waals surface area contributed by atoms with E-state index in [1.165, 1.54) is 11.3 Å². The number of benzene rings is 2. The molecule has 2 aromatic carbocycles. The summed E-state index contributed by atoms with van der Waals surface area (Å²) in [6.07, 6.45) is 2.41. The highest BCUT2D eigenvalue weighted by Gasteiger charge is 2.28. The molecule has 0 saturated carbocycles. The van der Waals surface area contributed by atoms with E-state index in [1.54, 1.807) is 7.11 Å². The molecule has 2 aliphatic rings. The monoisotopic (exact) mass is 364 g/mol. The number of aryl methyl sites for hydroxylation is 1. The summed E-state index contributed by atoms with van der Waals surface area (Å²) in [5.41, 5.74) is 4.28. The minimum absolute atomic E-state index is 0.0387. The Morgan fingerprint density at radius 3 is 2.96 bits per heavy atom. The van der Waals surface area contributed by atoms with Crippen LogP contribution in [0.1, 0.15) is 17.7 Å². The first-order valence-corrected chi connectivity index (χ1v) is 9.09. The SMILES string of the molecule is COc1ccc2[nH]c3c(c2c1)CC(C(=O)Nc1ccc2c(c1)OCO2)CC3. The standard InChI is InChI=1S/C21H20N2O4/c1-25-14-4-6-18-16(10-14)15-8-12(2-5-17(15)23-18)21(24)22-13-3-7-19-20(9-13)27-11-26-19/h3-4,6-7,9-10,12,23H,2,5,8,11H2,1H3,(H,22,24). The lowest BCUT2D eigenvalue weighted by Gasteiger charge is -2.22. The summed E-state index contributed by atoms with van der Waals surface area (Å²) in [7, 11) is 1.67. The van der Waals surface area contributed by atoms with Crippen molar-refractivity contribution >= 4 is 22.5 Å². The number of carbonyl (C=O) groups excluding carboxylic acids is 1. The Hall–Kier alpha value is -3.15. The molecule has 1 amide bonds. The molecule has 2 N–H and O–H groups in total. The molecule has 3 aromatic rings. The van der Waals surface area contributed by atoms with Gasteiger partial charge < -0.3 is 24.5 Å². The summed E-state index contributed by atoms with van der Waals surface area (Å²) in [5.74, 6) is 2.19. The van der Waals surface area contributed by atoms with Crippen molar-refractivity contribution in [1.29, 1.82) is 0 Å². The summed E-state index contributed by atoms with van der Waals surface area (Å²) >= 11 is 0. The number of hydrogen-bond donors (Lipinski definition) is 2. The third-order valence-corrected chi connectivity index (χ3v) is 5.41. The van der Waals surface area contributed by atoms with Crippen molar-refractivity contribution in [3.05, 3.63) is 47.7 Å². The Morgan fingerprint density at radius 2 is 2.07 bits per heavy atom. The Morgan fingerprint density at radius 1 is 1.19 bits per heavy atom. The molecule has 0 bridgehead atoms. The van der Waals surface area contributed by atoms with Gasteiger partial charge in [0.2, 0.25) is 12.7 Å². The van der Waals surface area contributed by atoms with Gasteiger partial charge in [-0.15, -0.1) is 0 Å². The quantitative estimate of drug-likeness (QED) is 0.744. The number of anilines is 1. The van der Waals surface area contributed by atoms with Crippen LogP contribution in [0, 0.1) is 5.92 Å². The molecule has 6 nitrogen and oxygen atoms in total. The Labute approximate surface area is 156 Å². The van der Waals surface area contributed by atoms with E-state index in [9.17, 15) is 4.79 Å². The van der Waals surface area contributed by atoms with Crippen molar-refractivity contribution in [2.45, 2.75) is 19.3 Å². The zero-order valence-electron chi connectivity index (χ0n) is 15.0. The Balaban J connectivity index is 1.37. The summed E-state index contributed by atoms with van der Waals surface area (Å²) in [4.78, 5) is 16.3. The molecule has 0 saturated heterocycles. The van der Waals surface area contributed by atoms with Crippen LogP contribution in [-0.4, -0.2) is 24.8 Å². The molecule has 1 atom stereocenters. The van der Waals surface area contributed by atoms with Crippen LogP contribution in [0.25, 0.3) is 10.9 Å². The lowest BCUT2D eigenvalue weighted by Crippen LogP contribution is -2.28. The lowest BCUT2D eigenvalue weighted by atomic mass is 9.85. The number of carbonyl (C=O) groups is 1. The molecule has 1 aliphatic carbocycles. The van der Waals surface area contributed by atoms with Crippen molar-refractivity contribution < 1.29 is 19.0 Å². The highest BCUT2D eigenvalue weighted by molar-refractivity contribution is 5.94. The molecule has 138 valence electrons. The fraction of sp³-hybridized carbons (Fsp3) is 0.286. The summed E-state index contributed by atoms with van der Waals surface area (Å²) in [6.45, 7) is 0.224. The van der Waals surface area contributed by atoms with Crippen molar-refractivity contribution in [3.8, 4) is 17.2 Å². The normalized spacial score (nSPS) is 17.6. The van der Waals surface area contributed by atoms with E-state index >= 15 is 0 Å². The van der Waals surface area contributed by atoms with Gasteiger partial charge in [0.15, 0.2) is 11.5 Å². The van der Waals surface area contributed by atoms with Crippen LogP contribution in [-0.2, 0) is 17.6 Å². The second kappa shape index (κ2) is 6.23. The first-order valence-electron chi connectivity index (χ1n) is 9.09. The zero-order chi connectivity index (χ0) is 18.4. The van der Waals surface area contributed by atoms with E-state index in [4.69, 9.17) is 14.2 Å². The van der Waals surface area contributed by atoms with Crippen LogP contribution in [0.5, 0.6) is 17.2 Å². The number of hydrogen-bond acceptors (Lipinski definition) is 4. The molecule has 5 rings (SSSR count). The second-order valence-electron chi connectivity index (χ2n) is 6.99. The van der Waals surface area contributed by atoms with E-state index in [1.807, 2.05) is 36.4 Å². The minimum Gasteiger partial charge on any atom is -0.497 e. The number of nitrogens with one attached hydrogen (secondary N) is 2. The number of aromatic amines is 1. The average Bonchev–Trinajstić information content (AvgIpc) is 3.30. The number of aromatic nitrogens is 1. The van der Waals surface area contributed by atoms with Gasteiger partial charge >= 0.3 is 0 Å². The van der Waals surface area contributed by atoms with Crippen LogP contribution in [0.2, 0.25) is 0 Å². The fourth-order valence-electron chi connectivity index (χ4n) is 3.97. The molecule has 0 fully saturated rings. The highest BCUT2D eigenvalue weighted by Crippen LogP contribution is 2.36. The van der Waals surface area contributed by atoms with Crippen molar-refractivity contribution in [2.75, 3.05) is 19.2 Å². The lowest BCUT2D eigenvalue weighted by molar-refractivity contribution is -0.120. The fourth-order valence-corrected chi connectivity index (χ4v) is 3.97. The number of methoxy groups -OCH3 is 1. The maximum Gasteiger partial charge on any atom is 0.231 e.